The lowest BCUT2D eigenvalue weighted by atomic mass is 9.99. The van der Waals surface area contributed by atoms with E-state index in [0.29, 0.717) is 12.5 Å². The van der Waals surface area contributed by atoms with E-state index in [-0.39, 0.29) is 6.04 Å². The molecule has 6 rings (SSSR count). The van der Waals surface area contributed by atoms with Crippen molar-refractivity contribution in [1.82, 2.24) is 20.2 Å². The maximum absolute atomic E-state index is 9.31. The fourth-order valence-electron chi connectivity index (χ4n) is 7.07. The SMILES string of the molecule is Cc1cccc2cccc(N3CCc4c(nc(CC[C@@H]5C[C@H](C)CN5C)nc4N4CCN[C@@H](CC#N)C4)C3)c12. The minimum Gasteiger partial charge on any atom is -0.365 e. The Morgan fingerprint density at radius 2 is 1.92 bits per heavy atom. The van der Waals surface area contributed by atoms with Gasteiger partial charge in [0.05, 0.1) is 24.7 Å². The Labute approximate surface area is 232 Å². The molecule has 0 bridgehead atoms. The zero-order valence-corrected chi connectivity index (χ0v) is 23.7. The number of piperazine rings is 1. The number of aryl methyl sites for hydroxylation is 2. The Bertz CT molecular complexity index is 1370. The van der Waals surface area contributed by atoms with Crippen molar-refractivity contribution in [2.75, 3.05) is 49.6 Å². The van der Waals surface area contributed by atoms with E-state index in [9.17, 15) is 5.26 Å². The van der Waals surface area contributed by atoms with Crippen LogP contribution in [0.3, 0.4) is 0 Å². The van der Waals surface area contributed by atoms with Gasteiger partial charge < -0.3 is 20.0 Å². The number of likely N-dealkylation sites (tertiary alicyclic amines) is 1. The van der Waals surface area contributed by atoms with E-state index >= 15 is 0 Å². The number of hydrogen-bond donors (Lipinski definition) is 1. The van der Waals surface area contributed by atoms with Gasteiger partial charge in [0, 0.05) is 67.9 Å². The second-order valence-corrected chi connectivity index (χ2v) is 11.9. The van der Waals surface area contributed by atoms with Gasteiger partial charge in [0.2, 0.25) is 0 Å². The third-order valence-electron chi connectivity index (χ3n) is 9.01. The monoisotopic (exact) mass is 523 g/mol. The van der Waals surface area contributed by atoms with Crippen molar-refractivity contribution in [2.24, 2.45) is 5.92 Å². The van der Waals surface area contributed by atoms with Crippen LogP contribution in [0.15, 0.2) is 36.4 Å². The van der Waals surface area contributed by atoms with Crippen LogP contribution in [0, 0.1) is 24.2 Å². The molecule has 7 heteroatoms. The van der Waals surface area contributed by atoms with E-state index in [0.717, 1.165) is 69.5 Å². The maximum atomic E-state index is 9.31. The van der Waals surface area contributed by atoms with Crippen LogP contribution in [0.25, 0.3) is 10.8 Å². The molecule has 1 N–H and O–H groups in total. The smallest absolute Gasteiger partial charge is 0.136 e. The minimum absolute atomic E-state index is 0.185. The van der Waals surface area contributed by atoms with Crippen LogP contribution in [-0.4, -0.2) is 66.7 Å². The number of nitrogens with one attached hydrogen (secondary N) is 1. The molecule has 39 heavy (non-hydrogen) atoms. The van der Waals surface area contributed by atoms with Crippen LogP contribution in [0.5, 0.6) is 0 Å². The Morgan fingerprint density at radius 1 is 1.08 bits per heavy atom. The lowest BCUT2D eigenvalue weighted by Gasteiger charge is -2.37. The van der Waals surface area contributed by atoms with E-state index in [4.69, 9.17) is 9.97 Å². The Kier molecular flexibility index (Phi) is 7.42. The van der Waals surface area contributed by atoms with Crippen LogP contribution in [0.4, 0.5) is 11.5 Å². The number of fused-ring (bicyclic) bond motifs is 2. The van der Waals surface area contributed by atoms with Gasteiger partial charge in [0.15, 0.2) is 0 Å². The van der Waals surface area contributed by atoms with Gasteiger partial charge in [-0.25, -0.2) is 9.97 Å². The third kappa shape index (κ3) is 5.33. The fraction of sp³-hybridized carbons (Fsp3) is 0.531. The van der Waals surface area contributed by atoms with Crippen LogP contribution in [-0.2, 0) is 19.4 Å². The second-order valence-electron chi connectivity index (χ2n) is 11.9. The van der Waals surface area contributed by atoms with Crippen LogP contribution in [0.2, 0.25) is 0 Å². The van der Waals surface area contributed by atoms with Gasteiger partial charge in [0.25, 0.3) is 0 Å². The molecule has 3 aromatic rings. The summed E-state index contributed by atoms with van der Waals surface area (Å²) in [6.45, 7) is 10.1. The Balaban J connectivity index is 1.33. The first-order valence-electron chi connectivity index (χ1n) is 14.7. The summed E-state index contributed by atoms with van der Waals surface area (Å²) < 4.78 is 0. The van der Waals surface area contributed by atoms with Gasteiger partial charge in [-0.15, -0.1) is 0 Å². The number of nitrogens with zero attached hydrogens (tertiary/aromatic N) is 6. The zero-order chi connectivity index (χ0) is 26.9. The van der Waals surface area contributed by atoms with E-state index in [2.05, 4.69) is 83.4 Å². The molecule has 0 radical (unpaired) electrons. The normalized spacial score (nSPS) is 23.7. The molecule has 0 aliphatic carbocycles. The molecule has 0 spiro atoms. The summed E-state index contributed by atoms with van der Waals surface area (Å²) in [5.41, 5.74) is 5.10. The highest BCUT2D eigenvalue weighted by Crippen LogP contribution is 2.35. The van der Waals surface area contributed by atoms with E-state index in [1.165, 1.54) is 46.2 Å². The average Bonchev–Trinajstić information content (AvgIpc) is 3.27. The molecule has 2 aromatic carbocycles. The fourth-order valence-corrected chi connectivity index (χ4v) is 7.07. The van der Waals surface area contributed by atoms with Gasteiger partial charge in [-0.2, -0.15) is 5.26 Å². The summed E-state index contributed by atoms with van der Waals surface area (Å²) >= 11 is 0. The van der Waals surface area contributed by atoms with E-state index in [1.807, 2.05) is 0 Å². The molecule has 4 heterocycles. The van der Waals surface area contributed by atoms with E-state index in [1.54, 1.807) is 0 Å². The van der Waals surface area contributed by atoms with Gasteiger partial charge in [-0.05, 0) is 56.2 Å². The lowest BCUT2D eigenvalue weighted by Crippen LogP contribution is -2.51. The second kappa shape index (κ2) is 11.1. The topological polar surface area (TPSA) is 71.3 Å². The number of anilines is 2. The summed E-state index contributed by atoms with van der Waals surface area (Å²) in [5.74, 6) is 2.85. The van der Waals surface area contributed by atoms with Crippen molar-refractivity contribution in [2.45, 2.75) is 64.6 Å². The quantitative estimate of drug-likeness (QED) is 0.511. The molecule has 0 saturated carbocycles. The van der Waals surface area contributed by atoms with Crippen molar-refractivity contribution in [1.29, 1.82) is 5.26 Å². The largest absolute Gasteiger partial charge is 0.365 e. The van der Waals surface area contributed by atoms with Gasteiger partial charge in [0.1, 0.15) is 11.6 Å². The van der Waals surface area contributed by atoms with Gasteiger partial charge in [-0.1, -0.05) is 37.3 Å². The van der Waals surface area contributed by atoms with Crippen molar-refractivity contribution in [3.8, 4) is 6.07 Å². The van der Waals surface area contributed by atoms with Crippen molar-refractivity contribution < 1.29 is 0 Å². The number of hydrogen-bond acceptors (Lipinski definition) is 7. The van der Waals surface area contributed by atoms with Crippen LogP contribution in [0.1, 0.15) is 48.8 Å². The summed E-state index contributed by atoms with van der Waals surface area (Å²) in [4.78, 5) is 17.9. The molecule has 2 saturated heterocycles. The molecule has 0 unspecified atom stereocenters. The first-order chi connectivity index (χ1) is 19.0. The lowest BCUT2D eigenvalue weighted by molar-refractivity contribution is 0.293. The zero-order valence-electron chi connectivity index (χ0n) is 23.7. The summed E-state index contributed by atoms with van der Waals surface area (Å²) in [5, 5.41) is 15.5. The highest BCUT2D eigenvalue weighted by Gasteiger charge is 2.30. The summed E-state index contributed by atoms with van der Waals surface area (Å²) in [6, 6.07) is 16.4. The van der Waals surface area contributed by atoms with Crippen LogP contribution < -0.4 is 15.1 Å². The minimum atomic E-state index is 0.185. The Hall–Kier alpha value is -3.21. The molecule has 1 aromatic heterocycles. The van der Waals surface area contributed by atoms with E-state index < -0.39 is 0 Å². The maximum Gasteiger partial charge on any atom is 0.136 e. The first-order valence-corrected chi connectivity index (χ1v) is 14.7. The third-order valence-corrected chi connectivity index (χ3v) is 9.01. The number of nitriles is 1. The molecular formula is C32H41N7. The molecule has 3 aliphatic rings. The Morgan fingerprint density at radius 3 is 2.72 bits per heavy atom. The highest BCUT2D eigenvalue weighted by atomic mass is 15.3. The van der Waals surface area contributed by atoms with Crippen molar-refractivity contribution in [3.63, 3.8) is 0 Å². The summed E-state index contributed by atoms with van der Waals surface area (Å²) in [6.07, 6.45) is 4.73. The highest BCUT2D eigenvalue weighted by molar-refractivity contribution is 5.97. The van der Waals surface area contributed by atoms with Crippen LogP contribution >= 0.6 is 0 Å². The predicted octanol–water partition coefficient (Wildman–Crippen LogP) is 4.47. The molecule has 0 amide bonds. The molecule has 204 valence electrons. The molecule has 7 nitrogen and oxygen atoms in total. The van der Waals surface area contributed by atoms with Gasteiger partial charge >= 0.3 is 0 Å². The summed E-state index contributed by atoms with van der Waals surface area (Å²) in [7, 11) is 2.26. The number of aromatic nitrogens is 2. The standard InChI is InChI=1S/C32H41N7/c1-22-18-26(37(3)19-22)10-11-30-35-28-21-38(29-9-5-8-24-7-4-6-23(2)31(24)29)16-13-27(28)32(36-30)39-17-15-34-25(20-39)12-14-33/h4-9,22,25-26,34H,10-13,15-21H2,1-3H3/t22-,25-,26+/m0/s1. The van der Waals surface area contributed by atoms with Crippen molar-refractivity contribution >= 4 is 22.3 Å². The number of benzene rings is 2. The van der Waals surface area contributed by atoms with Crippen molar-refractivity contribution in [3.05, 3.63) is 59.0 Å². The number of rotatable bonds is 6. The molecule has 3 aliphatic heterocycles. The molecule has 3 atom stereocenters. The average molecular weight is 524 g/mol. The van der Waals surface area contributed by atoms with Gasteiger partial charge in [-0.3, -0.25) is 0 Å². The molecule has 2 fully saturated rings. The predicted molar refractivity (Wildman–Crippen MR) is 158 cm³/mol. The first kappa shape index (κ1) is 26.0. The molecular weight excluding hydrogens is 482 g/mol.